The third-order valence-corrected chi connectivity index (χ3v) is 12.4. The molecule has 4 heteroatoms. The number of allylic oxidation sites excluding steroid dienone is 1. The summed E-state index contributed by atoms with van der Waals surface area (Å²) in [7, 11) is 0. The minimum Gasteiger partial charge on any atom is -0.310 e. The highest BCUT2D eigenvalue weighted by Crippen LogP contribution is 2.42. The molecular weight excluding hydrogens is 789 g/mol. The number of nitrogens with zero attached hydrogens (tertiary/aromatic N) is 4. The van der Waals surface area contributed by atoms with Gasteiger partial charge in [0.2, 0.25) is 0 Å². The first-order chi connectivity index (χ1) is 32.2. The third-order valence-electron chi connectivity index (χ3n) is 12.4. The van der Waals surface area contributed by atoms with Crippen molar-refractivity contribution in [3.63, 3.8) is 0 Å². The summed E-state index contributed by atoms with van der Waals surface area (Å²) >= 11 is 0. The molecule has 2 heterocycles. The largest absolute Gasteiger partial charge is 0.310 e. The van der Waals surface area contributed by atoms with Crippen molar-refractivity contribution in [3.8, 4) is 22.5 Å². The number of hydrogen-bond acceptors (Lipinski definition) is 2. The van der Waals surface area contributed by atoms with E-state index < -0.39 is 0 Å². The summed E-state index contributed by atoms with van der Waals surface area (Å²) in [6.07, 6.45) is 6.26. The van der Waals surface area contributed by atoms with Gasteiger partial charge in [-0.15, -0.1) is 0 Å². The highest BCUT2D eigenvalue weighted by atomic mass is 15.1. The summed E-state index contributed by atoms with van der Waals surface area (Å²) < 4.78 is 4.67. The van der Waals surface area contributed by atoms with Crippen molar-refractivity contribution >= 4 is 79.0 Å². The van der Waals surface area contributed by atoms with Crippen LogP contribution in [0.2, 0.25) is 0 Å². The molecule has 0 radical (unpaired) electrons. The zero-order valence-electron chi connectivity index (χ0n) is 36.2. The molecule has 11 aromatic rings. The molecule has 0 amide bonds. The molecule has 0 fully saturated rings. The fraction of sp³-hybridized carbons (Fsp3) is 0.0164. The quantitative estimate of drug-likeness (QED) is 0.129. The Bertz CT molecular complexity index is 3480. The number of fused-ring (bicyclic) bond motifs is 4. The van der Waals surface area contributed by atoms with Crippen LogP contribution in [0, 0.1) is 0 Å². The number of rotatable bonds is 11. The molecule has 11 rings (SSSR count). The molecule has 4 nitrogen and oxygen atoms in total. The molecule has 9 aromatic carbocycles. The van der Waals surface area contributed by atoms with Gasteiger partial charge in [-0.2, -0.15) is 0 Å². The predicted octanol–water partition coefficient (Wildman–Crippen LogP) is 17.0. The first-order valence-electron chi connectivity index (χ1n) is 22.2. The second-order valence-electron chi connectivity index (χ2n) is 16.2. The van der Waals surface area contributed by atoms with Crippen LogP contribution in [0.3, 0.4) is 0 Å². The maximum absolute atomic E-state index is 4.24. The summed E-state index contributed by atoms with van der Waals surface area (Å²) in [5.41, 5.74) is 16.8. The second kappa shape index (κ2) is 16.9. The molecule has 0 aliphatic carbocycles. The molecular formula is C61H46N4. The summed E-state index contributed by atoms with van der Waals surface area (Å²) in [6, 6.07) is 82.6. The van der Waals surface area contributed by atoms with Crippen molar-refractivity contribution in [1.29, 1.82) is 0 Å². The van der Waals surface area contributed by atoms with E-state index in [0.717, 1.165) is 73.4 Å². The molecule has 0 N–H and O–H groups in total. The SMILES string of the molecule is C=Cc1c(/C=C\C)c2cc(N(c3ccccc3)c3ccc(-c4ccc(N(c5ccccc5)c5ccc6c(c5)c5ccccc5n6-c5ccccc5)cc4)cc3)ccc2n1-c1ccccc1. The van der Waals surface area contributed by atoms with Crippen LogP contribution in [0.5, 0.6) is 0 Å². The number of hydrogen-bond donors (Lipinski definition) is 0. The highest BCUT2D eigenvalue weighted by molar-refractivity contribution is 6.10. The van der Waals surface area contributed by atoms with Crippen LogP contribution in [-0.2, 0) is 0 Å². The van der Waals surface area contributed by atoms with Gasteiger partial charge in [-0.25, -0.2) is 0 Å². The van der Waals surface area contributed by atoms with Gasteiger partial charge in [-0.3, -0.25) is 0 Å². The van der Waals surface area contributed by atoms with Crippen LogP contribution in [-0.4, -0.2) is 9.13 Å². The first kappa shape index (κ1) is 39.3. The van der Waals surface area contributed by atoms with E-state index in [0.29, 0.717) is 0 Å². The van der Waals surface area contributed by atoms with Crippen LogP contribution >= 0.6 is 0 Å². The van der Waals surface area contributed by atoms with Crippen molar-refractivity contribution in [1.82, 2.24) is 9.13 Å². The van der Waals surface area contributed by atoms with E-state index in [1.165, 1.54) is 27.2 Å². The van der Waals surface area contributed by atoms with Crippen LogP contribution in [0.1, 0.15) is 18.2 Å². The lowest BCUT2D eigenvalue weighted by Gasteiger charge is -2.26. The van der Waals surface area contributed by atoms with Crippen molar-refractivity contribution in [2.45, 2.75) is 6.92 Å². The molecule has 0 saturated heterocycles. The summed E-state index contributed by atoms with van der Waals surface area (Å²) in [4.78, 5) is 4.69. The monoisotopic (exact) mass is 834 g/mol. The van der Waals surface area contributed by atoms with E-state index in [1.807, 2.05) is 6.08 Å². The van der Waals surface area contributed by atoms with Gasteiger partial charge in [0.15, 0.2) is 0 Å². The zero-order chi connectivity index (χ0) is 43.7. The van der Waals surface area contributed by atoms with E-state index in [4.69, 9.17) is 0 Å². The van der Waals surface area contributed by atoms with E-state index >= 15 is 0 Å². The molecule has 0 bridgehead atoms. The lowest BCUT2D eigenvalue weighted by Crippen LogP contribution is -2.10. The maximum atomic E-state index is 4.24. The van der Waals surface area contributed by atoms with Crippen molar-refractivity contribution < 1.29 is 0 Å². The smallest absolute Gasteiger partial charge is 0.0542 e. The van der Waals surface area contributed by atoms with Gasteiger partial charge in [0.1, 0.15) is 0 Å². The van der Waals surface area contributed by atoms with Gasteiger partial charge < -0.3 is 18.9 Å². The second-order valence-corrected chi connectivity index (χ2v) is 16.2. The van der Waals surface area contributed by atoms with Gasteiger partial charge in [0.25, 0.3) is 0 Å². The van der Waals surface area contributed by atoms with Crippen molar-refractivity contribution in [3.05, 3.63) is 254 Å². The normalized spacial score (nSPS) is 11.5. The number of aromatic nitrogens is 2. The number of anilines is 6. The molecule has 0 spiro atoms. The fourth-order valence-corrected chi connectivity index (χ4v) is 9.47. The van der Waals surface area contributed by atoms with Gasteiger partial charge in [-0.1, -0.05) is 134 Å². The molecule has 0 saturated carbocycles. The Morgan fingerprint density at radius 1 is 0.369 bits per heavy atom. The van der Waals surface area contributed by atoms with Crippen LogP contribution in [0.25, 0.3) is 67.4 Å². The summed E-state index contributed by atoms with van der Waals surface area (Å²) in [5, 5.41) is 3.61. The van der Waals surface area contributed by atoms with E-state index in [1.54, 1.807) is 0 Å². The first-order valence-corrected chi connectivity index (χ1v) is 22.2. The lowest BCUT2D eigenvalue weighted by molar-refractivity contribution is 1.11. The van der Waals surface area contributed by atoms with Crippen molar-refractivity contribution in [2.75, 3.05) is 9.80 Å². The molecule has 2 aromatic heterocycles. The Morgan fingerprint density at radius 2 is 0.769 bits per heavy atom. The predicted molar refractivity (Wildman–Crippen MR) is 277 cm³/mol. The Kier molecular flexibility index (Phi) is 10.2. The maximum Gasteiger partial charge on any atom is 0.0542 e. The Balaban J connectivity index is 0.954. The highest BCUT2D eigenvalue weighted by Gasteiger charge is 2.20. The Hall–Kier alpha value is -8.60. The van der Waals surface area contributed by atoms with Crippen LogP contribution in [0.15, 0.2) is 243 Å². The topological polar surface area (TPSA) is 16.3 Å². The third kappa shape index (κ3) is 7.08. The molecule has 0 atom stereocenters. The van der Waals surface area contributed by atoms with E-state index in [-0.39, 0.29) is 0 Å². The summed E-state index contributed by atoms with van der Waals surface area (Å²) in [6.45, 7) is 6.31. The van der Waals surface area contributed by atoms with Gasteiger partial charge in [-0.05, 0) is 139 Å². The van der Waals surface area contributed by atoms with Gasteiger partial charge in [0, 0.05) is 67.2 Å². The molecule has 0 aliphatic heterocycles. The van der Waals surface area contributed by atoms with Gasteiger partial charge in [0.05, 0.1) is 22.2 Å². The Labute approximate surface area is 380 Å². The fourth-order valence-electron chi connectivity index (χ4n) is 9.47. The molecule has 65 heavy (non-hydrogen) atoms. The zero-order valence-corrected chi connectivity index (χ0v) is 36.2. The average molecular weight is 835 g/mol. The summed E-state index contributed by atoms with van der Waals surface area (Å²) in [5.74, 6) is 0. The molecule has 0 unspecified atom stereocenters. The van der Waals surface area contributed by atoms with Crippen LogP contribution < -0.4 is 9.80 Å². The number of benzene rings is 9. The average Bonchev–Trinajstić information content (AvgIpc) is 3.87. The lowest BCUT2D eigenvalue weighted by atomic mass is 10.0. The molecule has 310 valence electrons. The standard InChI is InChI=1S/C61H46N4/c1-3-19-54-56-42-52(38-40-60(56)64(58(54)4-2)48-24-13-7-14-25-48)62(46-20-9-5-10-21-46)50-34-30-44(31-35-50)45-32-36-51(37-33-45)63(47-22-11-6-12-23-47)53-39-41-61-57(43-53)55-28-17-18-29-59(55)65(61)49-26-15-8-16-27-49/h3-43H,2H2,1H3/b19-3-. The minimum atomic E-state index is 1.07. The Morgan fingerprint density at radius 3 is 1.28 bits per heavy atom. The van der Waals surface area contributed by atoms with Crippen LogP contribution in [0.4, 0.5) is 34.1 Å². The number of para-hydroxylation sites is 5. The van der Waals surface area contributed by atoms with E-state index in [9.17, 15) is 0 Å². The van der Waals surface area contributed by atoms with Gasteiger partial charge >= 0.3 is 0 Å². The van der Waals surface area contributed by atoms with E-state index in [2.05, 4.69) is 275 Å². The minimum absolute atomic E-state index is 1.07. The molecule has 0 aliphatic rings. The van der Waals surface area contributed by atoms with Crippen molar-refractivity contribution in [2.24, 2.45) is 0 Å².